The molecule has 1 N–H and O–H groups in total. The first kappa shape index (κ1) is 16.3. The van der Waals surface area contributed by atoms with Crippen LogP contribution in [-0.2, 0) is 9.59 Å². The SMILES string of the molecule is COc1ccc(N2CC(CNC(=O)CC(C)C)CC2=O)cc1. The molecule has 1 unspecified atom stereocenters. The van der Waals surface area contributed by atoms with Crippen molar-refractivity contribution < 1.29 is 14.3 Å². The van der Waals surface area contributed by atoms with E-state index >= 15 is 0 Å². The van der Waals surface area contributed by atoms with Crippen molar-refractivity contribution in [1.82, 2.24) is 5.32 Å². The Morgan fingerprint density at radius 2 is 2.05 bits per heavy atom. The maximum atomic E-state index is 12.1. The number of carbonyl (C=O) groups is 2. The smallest absolute Gasteiger partial charge is 0.227 e. The first-order valence-electron chi connectivity index (χ1n) is 7.70. The van der Waals surface area contributed by atoms with Crippen molar-refractivity contribution >= 4 is 17.5 Å². The van der Waals surface area contributed by atoms with Gasteiger partial charge in [-0.1, -0.05) is 13.8 Å². The van der Waals surface area contributed by atoms with Gasteiger partial charge in [-0.25, -0.2) is 0 Å². The standard InChI is InChI=1S/C17H24N2O3/c1-12(2)8-16(20)18-10-13-9-17(21)19(11-13)14-4-6-15(22-3)7-5-14/h4-7,12-13H,8-11H2,1-3H3,(H,18,20). The molecule has 5 nitrogen and oxygen atoms in total. The van der Waals surface area contributed by atoms with Gasteiger partial charge in [0.25, 0.3) is 0 Å². The minimum Gasteiger partial charge on any atom is -0.497 e. The molecule has 1 aliphatic rings. The Kier molecular flexibility index (Phi) is 5.41. The van der Waals surface area contributed by atoms with Crippen LogP contribution in [0.4, 0.5) is 5.69 Å². The molecule has 2 rings (SSSR count). The molecular formula is C17H24N2O3. The van der Waals surface area contributed by atoms with E-state index in [1.54, 1.807) is 12.0 Å². The van der Waals surface area contributed by atoms with E-state index < -0.39 is 0 Å². The summed E-state index contributed by atoms with van der Waals surface area (Å²) in [7, 11) is 1.62. The number of methoxy groups -OCH3 is 1. The fourth-order valence-corrected chi connectivity index (χ4v) is 2.63. The van der Waals surface area contributed by atoms with Crippen molar-refractivity contribution in [1.29, 1.82) is 0 Å². The third-order valence-electron chi connectivity index (χ3n) is 3.77. The lowest BCUT2D eigenvalue weighted by Gasteiger charge is -2.17. The lowest BCUT2D eigenvalue weighted by Crippen LogP contribution is -2.31. The van der Waals surface area contributed by atoms with E-state index in [-0.39, 0.29) is 17.7 Å². The molecule has 2 amide bonds. The van der Waals surface area contributed by atoms with Gasteiger partial charge >= 0.3 is 0 Å². The number of anilines is 1. The van der Waals surface area contributed by atoms with Crippen LogP contribution >= 0.6 is 0 Å². The first-order chi connectivity index (χ1) is 10.5. The van der Waals surface area contributed by atoms with E-state index in [9.17, 15) is 9.59 Å². The Morgan fingerprint density at radius 1 is 1.36 bits per heavy atom. The van der Waals surface area contributed by atoms with Gasteiger partial charge in [-0.15, -0.1) is 0 Å². The molecule has 1 aromatic rings. The number of amides is 2. The van der Waals surface area contributed by atoms with Crippen LogP contribution in [-0.4, -0.2) is 32.0 Å². The highest BCUT2D eigenvalue weighted by Crippen LogP contribution is 2.26. The van der Waals surface area contributed by atoms with E-state index in [1.165, 1.54) is 0 Å². The predicted octanol–water partition coefficient (Wildman–Crippen LogP) is 2.21. The van der Waals surface area contributed by atoms with E-state index in [2.05, 4.69) is 5.32 Å². The first-order valence-corrected chi connectivity index (χ1v) is 7.70. The maximum Gasteiger partial charge on any atom is 0.227 e. The molecule has 5 heteroatoms. The summed E-state index contributed by atoms with van der Waals surface area (Å²) in [4.78, 5) is 25.6. The average molecular weight is 304 g/mol. The predicted molar refractivity (Wildman–Crippen MR) is 85.9 cm³/mol. The molecule has 1 saturated heterocycles. The summed E-state index contributed by atoms with van der Waals surface area (Å²) >= 11 is 0. The lowest BCUT2D eigenvalue weighted by atomic mass is 10.1. The summed E-state index contributed by atoms with van der Waals surface area (Å²) in [6, 6.07) is 7.47. The Morgan fingerprint density at radius 3 is 2.64 bits per heavy atom. The second-order valence-electron chi connectivity index (χ2n) is 6.17. The van der Waals surface area contributed by atoms with Crippen LogP contribution in [0.15, 0.2) is 24.3 Å². The molecule has 0 saturated carbocycles. The van der Waals surface area contributed by atoms with Gasteiger partial charge in [0.2, 0.25) is 11.8 Å². The molecule has 0 radical (unpaired) electrons. The van der Waals surface area contributed by atoms with Crippen LogP contribution < -0.4 is 15.0 Å². The van der Waals surface area contributed by atoms with Crippen molar-refractivity contribution in [2.24, 2.45) is 11.8 Å². The minimum absolute atomic E-state index is 0.0605. The van der Waals surface area contributed by atoms with Gasteiger partial charge in [0, 0.05) is 37.5 Å². The molecule has 1 aromatic carbocycles. The van der Waals surface area contributed by atoms with Crippen molar-refractivity contribution in [2.45, 2.75) is 26.7 Å². The van der Waals surface area contributed by atoms with Crippen molar-refractivity contribution in [3.63, 3.8) is 0 Å². The number of rotatable bonds is 6. The van der Waals surface area contributed by atoms with E-state index in [0.29, 0.717) is 31.8 Å². The monoisotopic (exact) mass is 304 g/mol. The summed E-state index contributed by atoms with van der Waals surface area (Å²) in [5.41, 5.74) is 0.877. The van der Waals surface area contributed by atoms with Crippen molar-refractivity contribution in [3.8, 4) is 5.75 Å². The normalized spacial score (nSPS) is 17.9. The minimum atomic E-state index is 0.0605. The number of ether oxygens (including phenoxy) is 1. The largest absolute Gasteiger partial charge is 0.497 e. The summed E-state index contributed by atoms with van der Waals surface area (Å²) in [5.74, 6) is 1.46. The van der Waals surface area contributed by atoms with Crippen LogP contribution in [0.3, 0.4) is 0 Å². The highest BCUT2D eigenvalue weighted by molar-refractivity contribution is 5.95. The summed E-state index contributed by atoms with van der Waals surface area (Å²) in [5, 5.41) is 2.93. The van der Waals surface area contributed by atoms with E-state index in [1.807, 2.05) is 38.1 Å². The Bertz CT molecular complexity index is 525. The molecule has 1 heterocycles. The zero-order chi connectivity index (χ0) is 16.1. The third-order valence-corrected chi connectivity index (χ3v) is 3.77. The molecule has 1 aliphatic heterocycles. The highest BCUT2D eigenvalue weighted by atomic mass is 16.5. The number of nitrogens with zero attached hydrogens (tertiary/aromatic N) is 1. The van der Waals surface area contributed by atoms with Crippen molar-refractivity contribution in [2.75, 3.05) is 25.1 Å². The fraction of sp³-hybridized carbons (Fsp3) is 0.529. The number of benzene rings is 1. The van der Waals surface area contributed by atoms with Gasteiger partial charge in [0.05, 0.1) is 7.11 Å². The molecule has 0 aromatic heterocycles. The van der Waals surface area contributed by atoms with Gasteiger partial charge in [-0.2, -0.15) is 0 Å². The second-order valence-corrected chi connectivity index (χ2v) is 6.17. The van der Waals surface area contributed by atoms with Gasteiger partial charge in [0.15, 0.2) is 0 Å². The van der Waals surface area contributed by atoms with Crippen LogP contribution in [0, 0.1) is 11.8 Å². The lowest BCUT2D eigenvalue weighted by molar-refractivity contribution is -0.122. The number of hydrogen-bond acceptors (Lipinski definition) is 3. The molecule has 22 heavy (non-hydrogen) atoms. The summed E-state index contributed by atoms with van der Waals surface area (Å²) in [6.45, 7) is 5.24. The zero-order valence-corrected chi connectivity index (χ0v) is 13.5. The zero-order valence-electron chi connectivity index (χ0n) is 13.5. The topological polar surface area (TPSA) is 58.6 Å². The van der Waals surface area contributed by atoms with Crippen LogP contribution in [0.2, 0.25) is 0 Å². The van der Waals surface area contributed by atoms with Crippen LogP contribution in [0.5, 0.6) is 5.75 Å². The van der Waals surface area contributed by atoms with Gasteiger partial charge < -0.3 is 15.0 Å². The number of nitrogens with one attached hydrogen (secondary N) is 1. The van der Waals surface area contributed by atoms with E-state index in [0.717, 1.165) is 11.4 Å². The fourth-order valence-electron chi connectivity index (χ4n) is 2.63. The highest BCUT2D eigenvalue weighted by Gasteiger charge is 2.30. The van der Waals surface area contributed by atoms with Gasteiger partial charge in [-0.05, 0) is 30.2 Å². The van der Waals surface area contributed by atoms with Crippen LogP contribution in [0.1, 0.15) is 26.7 Å². The average Bonchev–Trinajstić information content (AvgIpc) is 2.86. The van der Waals surface area contributed by atoms with Gasteiger partial charge in [0.1, 0.15) is 5.75 Å². The molecule has 1 atom stereocenters. The Hall–Kier alpha value is -2.04. The quantitative estimate of drug-likeness (QED) is 0.876. The third kappa shape index (κ3) is 4.23. The number of hydrogen-bond donors (Lipinski definition) is 1. The molecule has 0 spiro atoms. The van der Waals surface area contributed by atoms with E-state index in [4.69, 9.17) is 4.74 Å². The second kappa shape index (κ2) is 7.29. The molecule has 0 aliphatic carbocycles. The van der Waals surface area contributed by atoms with Crippen molar-refractivity contribution in [3.05, 3.63) is 24.3 Å². The molecule has 1 fully saturated rings. The summed E-state index contributed by atoms with van der Waals surface area (Å²) < 4.78 is 5.13. The van der Waals surface area contributed by atoms with Crippen LogP contribution in [0.25, 0.3) is 0 Å². The maximum absolute atomic E-state index is 12.1. The Balaban J connectivity index is 1.88. The van der Waals surface area contributed by atoms with Gasteiger partial charge in [-0.3, -0.25) is 9.59 Å². The summed E-state index contributed by atoms with van der Waals surface area (Å²) in [6.07, 6.45) is 1.01. The molecular weight excluding hydrogens is 280 g/mol. The molecule has 120 valence electrons. The Labute approximate surface area is 131 Å². The molecule has 0 bridgehead atoms. The number of carbonyl (C=O) groups excluding carboxylic acids is 2.